The Labute approximate surface area is 99.4 Å². The highest BCUT2D eigenvalue weighted by Gasteiger charge is 2.27. The Morgan fingerprint density at radius 2 is 2.12 bits per heavy atom. The molecule has 16 heavy (non-hydrogen) atoms. The molecule has 2 heteroatoms. The zero-order valence-corrected chi connectivity index (χ0v) is 11.0. The Balaban J connectivity index is 2.63. The Hall–Kier alpha value is -0.760. The van der Waals surface area contributed by atoms with Crippen molar-refractivity contribution in [2.75, 3.05) is 6.54 Å². The second-order valence-corrected chi connectivity index (χ2v) is 5.13. The monoisotopic (exact) mass is 223 g/mol. The molecule has 0 bridgehead atoms. The largest absolute Gasteiger partial charge is 0.469 e. The van der Waals surface area contributed by atoms with Crippen molar-refractivity contribution >= 4 is 0 Å². The Morgan fingerprint density at radius 3 is 2.62 bits per heavy atom. The van der Waals surface area contributed by atoms with Crippen LogP contribution in [0.5, 0.6) is 0 Å². The summed E-state index contributed by atoms with van der Waals surface area (Å²) < 4.78 is 5.44. The first-order valence-electron chi connectivity index (χ1n) is 6.36. The van der Waals surface area contributed by atoms with Crippen LogP contribution in [-0.2, 0) is 6.42 Å². The molecule has 2 nitrogen and oxygen atoms in total. The van der Waals surface area contributed by atoms with Gasteiger partial charge >= 0.3 is 0 Å². The van der Waals surface area contributed by atoms with Crippen LogP contribution in [0, 0.1) is 5.41 Å². The normalized spacial score (nSPS) is 14.0. The van der Waals surface area contributed by atoms with E-state index in [1.54, 1.807) is 6.26 Å². The van der Waals surface area contributed by atoms with Crippen LogP contribution in [0.1, 0.15) is 46.3 Å². The van der Waals surface area contributed by atoms with Crippen molar-refractivity contribution < 1.29 is 4.42 Å². The van der Waals surface area contributed by atoms with Gasteiger partial charge in [-0.1, -0.05) is 27.7 Å². The van der Waals surface area contributed by atoms with Gasteiger partial charge in [-0.15, -0.1) is 0 Å². The fraction of sp³-hybridized carbons (Fsp3) is 0.714. The lowest BCUT2D eigenvalue weighted by Crippen LogP contribution is -2.43. The van der Waals surface area contributed by atoms with E-state index in [9.17, 15) is 0 Å². The number of hydrogen-bond donors (Lipinski definition) is 1. The Morgan fingerprint density at radius 1 is 1.38 bits per heavy atom. The van der Waals surface area contributed by atoms with Gasteiger partial charge in [0, 0.05) is 12.5 Å². The van der Waals surface area contributed by atoms with Gasteiger partial charge in [0.05, 0.1) is 6.26 Å². The van der Waals surface area contributed by atoms with Gasteiger partial charge in [-0.3, -0.25) is 0 Å². The van der Waals surface area contributed by atoms with Crippen molar-refractivity contribution in [1.82, 2.24) is 5.32 Å². The van der Waals surface area contributed by atoms with Gasteiger partial charge in [-0.05, 0) is 36.9 Å². The highest BCUT2D eigenvalue weighted by molar-refractivity contribution is 5.02. The SMILES string of the molecule is CCCNC(Cc1ccco1)C(C)(C)CC. The van der Waals surface area contributed by atoms with Crippen molar-refractivity contribution in [2.24, 2.45) is 5.41 Å². The lowest BCUT2D eigenvalue weighted by molar-refractivity contribution is 0.222. The first-order chi connectivity index (χ1) is 7.60. The summed E-state index contributed by atoms with van der Waals surface area (Å²) in [6.45, 7) is 10.2. The number of rotatable bonds is 7. The number of hydrogen-bond acceptors (Lipinski definition) is 2. The molecule has 0 saturated heterocycles. The van der Waals surface area contributed by atoms with Crippen LogP contribution in [0.25, 0.3) is 0 Å². The zero-order valence-electron chi connectivity index (χ0n) is 11.0. The van der Waals surface area contributed by atoms with Crippen LogP contribution in [0.3, 0.4) is 0 Å². The van der Waals surface area contributed by atoms with Gasteiger partial charge < -0.3 is 9.73 Å². The maximum atomic E-state index is 5.44. The average molecular weight is 223 g/mol. The molecule has 0 aliphatic carbocycles. The van der Waals surface area contributed by atoms with Gasteiger partial charge in [0.1, 0.15) is 5.76 Å². The smallest absolute Gasteiger partial charge is 0.105 e. The molecule has 1 rings (SSSR count). The standard InChI is InChI=1S/C14H25NO/c1-5-9-15-13(14(3,4)6-2)11-12-8-7-10-16-12/h7-8,10,13,15H,5-6,9,11H2,1-4H3. The molecule has 0 aliphatic rings. The summed E-state index contributed by atoms with van der Waals surface area (Å²) in [5, 5.41) is 3.64. The van der Waals surface area contributed by atoms with Gasteiger partial charge in [0.25, 0.3) is 0 Å². The van der Waals surface area contributed by atoms with Crippen LogP contribution in [0.2, 0.25) is 0 Å². The second kappa shape index (κ2) is 6.09. The third-order valence-electron chi connectivity index (χ3n) is 3.48. The fourth-order valence-electron chi connectivity index (χ4n) is 1.82. The van der Waals surface area contributed by atoms with Gasteiger partial charge in [-0.2, -0.15) is 0 Å². The third-order valence-corrected chi connectivity index (χ3v) is 3.48. The van der Waals surface area contributed by atoms with E-state index in [-0.39, 0.29) is 0 Å². The first-order valence-corrected chi connectivity index (χ1v) is 6.36. The molecule has 1 aromatic heterocycles. The van der Waals surface area contributed by atoms with E-state index in [0.717, 1.165) is 18.7 Å². The molecule has 0 aliphatic heterocycles. The highest BCUT2D eigenvalue weighted by atomic mass is 16.3. The van der Waals surface area contributed by atoms with Crippen molar-refractivity contribution in [3.8, 4) is 0 Å². The van der Waals surface area contributed by atoms with E-state index in [0.29, 0.717) is 11.5 Å². The topological polar surface area (TPSA) is 25.2 Å². The fourth-order valence-corrected chi connectivity index (χ4v) is 1.82. The van der Waals surface area contributed by atoms with Crippen molar-refractivity contribution in [3.05, 3.63) is 24.2 Å². The number of nitrogens with one attached hydrogen (secondary N) is 1. The van der Waals surface area contributed by atoms with Gasteiger partial charge in [-0.25, -0.2) is 0 Å². The molecule has 1 N–H and O–H groups in total. The minimum Gasteiger partial charge on any atom is -0.469 e. The van der Waals surface area contributed by atoms with Gasteiger partial charge in [0.15, 0.2) is 0 Å². The summed E-state index contributed by atoms with van der Waals surface area (Å²) in [4.78, 5) is 0. The van der Waals surface area contributed by atoms with Crippen molar-refractivity contribution in [1.29, 1.82) is 0 Å². The minimum absolute atomic E-state index is 0.308. The molecule has 0 aromatic carbocycles. The highest BCUT2D eigenvalue weighted by Crippen LogP contribution is 2.27. The zero-order chi connectivity index (χ0) is 12.0. The summed E-state index contributed by atoms with van der Waals surface area (Å²) in [6.07, 6.45) is 5.09. The lowest BCUT2D eigenvalue weighted by atomic mass is 9.79. The summed E-state index contributed by atoms with van der Waals surface area (Å²) in [5.74, 6) is 1.08. The summed E-state index contributed by atoms with van der Waals surface area (Å²) in [5.41, 5.74) is 0.308. The van der Waals surface area contributed by atoms with Crippen LogP contribution in [0.4, 0.5) is 0 Å². The predicted molar refractivity (Wildman–Crippen MR) is 68.6 cm³/mol. The average Bonchev–Trinajstić information content (AvgIpc) is 2.76. The van der Waals surface area contributed by atoms with E-state index in [1.807, 2.05) is 6.07 Å². The third kappa shape index (κ3) is 3.67. The predicted octanol–water partition coefficient (Wildman–Crippen LogP) is 3.63. The molecule has 0 spiro atoms. The lowest BCUT2D eigenvalue weighted by Gasteiger charge is -2.34. The number of furan rings is 1. The molecular formula is C14H25NO. The molecule has 0 radical (unpaired) electrons. The Kier molecular flexibility index (Phi) is 5.07. The van der Waals surface area contributed by atoms with Crippen molar-refractivity contribution in [2.45, 2.75) is 53.0 Å². The quantitative estimate of drug-likeness (QED) is 0.763. The van der Waals surface area contributed by atoms with E-state index in [4.69, 9.17) is 4.42 Å². The van der Waals surface area contributed by atoms with E-state index < -0.39 is 0 Å². The van der Waals surface area contributed by atoms with Crippen molar-refractivity contribution in [3.63, 3.8) is 0 Å². The summed E-state index contributed by atoms with van der Waals surface area (Å²) >= 11 is 0. The second-order valence-electron chi connectivity index (χ2n) is 5.13. The molecule has 92 valence electrons. The molecule has 1 unspecified atom stereocenters. The summed E-state index contributed by atoms with van der Waals surface area (Å²) in [6, 6.07) is 4.51. The Bertz CT molecular complexity index is 277. The van der Waals surface area contributed by atoms with Crippen LogP contribution in [0.15, 0.2) is 22.8 Å². The van der Waals surface area contributed by atoms with E-state index in [2.05, 4.69) is 39.1 Å². The van der Waals surface area contributed by atoms with Crippen LogP contribution < -0.4 is 5.32 Å². The molecular weight excluding hydrogens is 198 g/mol. The maximum absolute atomic E-state index is 5.44. The molecule has 1 aromatic rings. The molecule has 0 fully saturated rings. The molecule has 1 atom stereocenters. The van der Waals surface area contributed by atoms with Crippen LogP contribution in [-0.4, -0.2) is 12.6 Å². The molecule has 0 saturated carbocycles. The maximum Gasteiger partial charge on any atom is 0.105 e. The van der Waals surface area contributed by atoms with E-state index >= 15 is 0 Å². The first kappa shape index (κ1) is 13.3. The molecule has 0 amide bonds. The van der Waals surface area contributed by atoms with E-state index in [1.165, 1.54) is 12.8 Å². The molecule has 1 heterocycles. The summed E-state index contributed by atoms with van der Waals surface area (Å²) in [7, 11) is 0. The van der Waals surface area contributed by atoms with Gasteiger partial charge in [0.2, 0.25) is 0 Å². The van der Waals surface area contributed by atoms with Crippen LogP contribution >= 0.6 is 0 Å². The minimum atomic E-state index is 0.308.